The zero-order valence-electron chi connectivity index (χ0n) is 12.6. The Bertz CT molecular complexity index is 690. The Hall–Kier alpha value is -2.15. The molecule has 2 aromatic heterocycles. The average Bonchev–Trinajstić information content (AvgIpc) is 3.17. The Morgan fingerprint density at radius 2 is 2.36 bits per heavy atom. The van der Waals surface area contributed by atoms with Crippen molar-refractivity contribution in [3.63, 3.8) is 0 Å². The summed E-state index contributed by atoms with van der Waals surface area (Å²) in [6.07, 6.45) is 3.19. The van der Waals surface area contributed by atoms with Crippen LogP contribution in [0.4, 0.5) is 5.95 Å². The van der Waals surface area contributed by atoms with E-state index in [9.17, 15) is 4.79 Å². The van der Waals surface area contributed by atoms with Gasteiger partial charge >= 0.3 is 5.97 Å². The highest BCUT2D eigenvalue weighted by Gasteiger charge is 2.35. The van der Waals surface area contributed by atoms with Gasteiger partial charge in [-0.15, -0.1) is 11.3 Å². The van der Waals surface area contributed by atoms with Crippen molar-refractivity contribution in [1.82, 2.24) is 14.8 Å². The number of anilines is 1. The molecule has 0 amide bonds. The van der Waals surface area contributed by atoms with Gasteiger partial charge < -0.3 is 10.1 Å². The maximum Gasteiger partial charge on any atom is 0.338 e. The van der Waals surface area contributed by atoms with Crippen molar-refractivity contribution in [2.45, 2.75) is 32.7 Å². The Morgan fingerprint density at radius 3 is 3.05 bits per heavy atom. The molecule has 1 N–H and O–H groups in total. The Morgan fingerprint density at radius 1 is 1.50 bits per heavy atom. The van der Waals surface area contributed by atoms with E-state index in [4.69, 9.17) is 4.74 Å². The summed E-state index contributed by atoms with van der Waals surface area (Å²) < 4.78 is 7.03. The molecule has 2 aromatic rings. The molecule has 7 heteroatoms. The van der Waals surface area contributed by atoms with Gasteiger partial charge in [0.2, 0.25) is 5.95 Å². The van der Waals surface area contributed by atoms with Crippen LogP contribution < -0.4 is 5.32 Å². The van der Waals surface area contributed by atoms with Gasteiger partial charge in [0.25, 0.3) is 0 Å². The van der Waals surface area contributed by atoms with Crippen LogP contribution in [0.1, 0.15) is 37.6 Å². The van der Waals surface area contributed by atoms with E-state index in [0.29, 0.717) is 18.1 Å². The number of rotatable bonds is 5. The number of esters is 1. The molecular formula is C15H18N4O2S. The van der Waals surface area contributed by atoms with Gasteiger partial charge in [-0.25, -0.2) is 9.48 Å². The summed E-state index contributed by atoms with van der Waals surface area (Å²) in [6.45, 7) is 4.25. The van der Waals surface area contributed by atoms with Crippen molar-refractivity contribution in [2.24, 2.45) is 0 Å². The minimum atomic E-state index is -0.294. The molecule has 0 saturated heterocycles. The molecule has 0 aromatic carbocycles. The van der Waals surface area contributed by atoms with Crippen LogP contribution in [0.5, 0.6) is 0 Å². The van der Waals surface area contributed by atoms with Gasteiger partial charge in [0.15, 0.2) is 0 Å². The fraction of sp³-hybridized carbons (Fsp3) is 0.400. The Labute approximate surface area is 132 Å². The van der Waals surface area contributed by atoms with Crippen LogP contribution in [-0.2, 0) is 9.53 Å². The second kappa shape index (κ2) is 6.31. The number of nitrogens with zero attached hydrogens (tertiary/aromatic N) is 3. The summed E-state index contributed by atoms with van der Waals surface area (Å²) in [5, 5.41) is 9.52. The third-order valence-electron chi connectivity index (χ3n) is 3.49. The van der Waals surface area contributed by atoms with E-state index in [1.54, 1.807) is 16.0 Å². The van der Waals surface area contributed by atoms with Gasteiger partial charge in [-0.1, -0.05) is 19.4 Å². The highest BCUT2D eigenvalue weighted by atomic mass is 32.1. The first-order valence-electron chi connectivity index (χ1n) is 7.36. The molecule has 116 valence electrons. The first kappa shape index (κ1) is 14.8. The minimum absolute atomic E-state index is 0.278. The van der Waals surface area contributed by atoms with E-state index in [0.717, 1.165) is 23.4 Å². The molecule has 22 heavy (non-hydrogen) atoms. The zero-order chi connectivity index (χ0) is 15.5. The van der Waals surface area contributed by atoms with E-state index >= 15 is 0 Å². The molecule has 0 bridgehead atoms. The number of hydrogen-bond acceptors (Lipinski definition) is 6. The Balaban J connectivity index is 2.13. The lowest BCUT2D eigenvalue weighted by Crippen LogP contribution is -2.30. The number of fused-ring (bicyclic) bond motifs is 1. The smallest absolute Gasteiger partial charge is 0.338 e. The normalized spacial score (nSPS) is 17.1. The van der Waals surface area contributed by atoms with Crippen molar-refractivity contribution < 1.29 is 9.53 Å². The highest BCUT2D eigenvalue weighted by molar-refractivity contribution is 7.10. The topological polar surface area (TPSA) is 69.0 Å². The van der Waals surface area contributed by atoms with Gasteiger partial charge in [-0.05, 0) is 24.8 Å². The van der Waals surface area contributed by atoms with E-state index < -0.39 is 0 Å². The fourth-order valence-electron chi connectivity index (χ4n) is 2.62. The lowest BCUT2D eigenvalue weighted by atomic mass is 9.99. The van der Waals surface area contributed by atoms with E-state index in [1.807, 2.05) is 24.4 Å². The van der Waals surface area contributed by atoms with Crippen molar-refractivity contribution in [2.75, 3.05) is 11.9 Å². The van der Waals surface area contributed by atoms with E-state index in [2.05, 4.69) is 22.3 Å². The summed E-state index contributed by atoms with van der Waals surface area (Å²) in [7, 11) is 0. The average molecular weight is 318 g/mol. The molecular weight excluding hydrogens is 300 g/mol. The van der Waals surface area contributed by atoms with Gasteiger partial charge in [-0.3, -0.25) is 0 Å². The number of thiophene rings is 1. The number of allylic oxidation sites excluding steroid dienone is 1. The molecule has 3 rings (SSSR count). The molecule has 0 aliphatic carbocycles. The third kappa shape index (κ3) is 2.52. The lowest BCUT2D eigenvalue weighted by Gasteiger charge is -2.28. The Kier molecular flexibility index (Phi) is 4.24. The van der Waals surface area contributed by atoms with Crippen molar-refractivity contribution >= 4 is 23.3 Å². The molecule has 0 fully saturated rings. The largest absolute Gasteiger partial charge is 0.463 e. The van der Waals surface area contributed by atoms with Crippen molar-refractivity contribution in [3.05, 3.63) is 40.0 Å². The number of ether oxygens (including phenoxy) is 1. The van der Waals surface area contributed by atoms with Crippen LogP contribution in [0.3, 0.4) is 0 Å². The third-order valence-corrected chi connectivity index (χ3v) is 4.41. The summed E-state index contributed by atoms with van der Waals surface area (Å²) >= 11 is 1.60. The summed E-state index contributed by atoms with van der Waals surface area (Å²) in [5.41, 5.74) is 1.50. The standard InChI is InChI=1S/C15H18N4O2S/c1-3-6-10-12(14(20)21-4-2)13(11-7-5-8-22-11)19-15(18-10)16-9-17-19/h5,7-9,13H,3-4,6H2,1-2H3,(H,16,17,18)/t13-/m1/s1. The molecule has 3 heterocycles. The number of aromatic nitrogens is 3. The number of nitrogens with one attached hydrogen (secondary N) is 1. The summed E-state index contributed by atoms with van der Waals surface area (Å²) in [5.74, 6) is 0.368. The SMILES string of the molecule is CCCC1=C(C(=O)OCC)[C@@H](c2cccs2)n2ncnc2N1. The molecule has 6 nitrogen and oxygen atoms in total. The summed E-state index contributed by atoms with van der Waals surface area (Å²) in [4.78, 5) is 17.8. The predicted molar refractivity (Wildman–Crippen MR) is 84.7 cm³/mol. The second-order valence-electron chi connectivity index (χ2n) is 4.93. The molecule has 1 atom stereocenters. The van der Waals surface area contributed by atoms with Gasteiger partial charge in [-0.2, -0.15) is 10.1 Å². The molecule has 0 spiro atoms. The molecule has 0 saturated carbocycles. The minimum Gasteiger partial charge on any atom is -0.463 e. The molecule has 1 aliphatic heterocycles. The maximum atomic E-state index is 12.5. The predicted octanol–water partition coefficient (Wildman–Crippen LogP) is 2.97. The number of carbonyl (C=O) groups excluding carboxylic acids is 1. The summed E-state index contributed by atoms with van der Waals surface area (Å²) in [6, 6.07) is 3.70. The van der Waals surface area contributed by atoms with Crippen LogP contribution in [0, 0.1) is 0 Å². The first-order chi connectivity index (χ1) is 10.8. The van der Waals surface area contributed by atoms with E-state index in [-0.39, 0.29) is 12.0 Å². The van der Waals surface area contributed by atoms with Gasteiger partial charge in [0, 0.05) is 10.6 Å². The van der Waals surface area contributed by atoms with Crippen LogP contribution in [0.2, 0.25) is 0 Å². The molecule has 1 aliphatic rings. The van der Waals surface area contributed by atoms with Crippen LogP contribution >= 0.6 is 11.3 Å². The number of carbonyl (C=O) groups is 1. The number of hydrogen-bond donors (Lipinski definition) is 1. The maximum absolute atomic E-state index is 12.5. The zero-order valence-corrected chi connectivity index (χ0v) is 13.4. The van der Waals surface area contributed by atoms with Crippen LogP contribution in [0.25, 0.3) is 0 Å². The van der Waals surface area contributed by atoms with E-state index in [1.165, 1.54) is 6.33 Å². The quantitative estimate of drug-likeness (QED) is 0.858. The monoisotopic (exact) mass is 318 g/mol. The van der Waals surface area contributed by atoms with Crippen molar-refractivity contribution in [3.8, 4) is 0 Å². The van der Waals surface area contributed by atoms with Gasteiger partial charge in [0.1, 0.15) is 12.4 Å². The van der Waals surface area contributed by atoms with Gasteiger partial charge in [0.05, 0.1) is 12.2 Å². The van der Waals surface area contributed by atoms with Crippen LogP contribution in [0.15, 0.2) is 35.1 Å². The molecule has 0 unspecified atom stereocenters. The van der Waals surface area contributed by atoms with Crippen LogP contribution in [-0.4, -0.2) is 27.3 Å². The first-order valence-corrected chi connectivity index (χ1v) is 8.24. The lowest BCUT2D eigenvalue weighted by molar-refractivity contribution is -0.139. The molecule has 0 radical (unpaired) electrons. The second-order valence-corrected chi connectivity index (χ2v) is 5.91. The highest BCUT2D eigenvalue weighted by Crippen LogP contribution is 2.38. The fourth-order valence-corrected chi connectivity index (χ4v) is 3.44. The van der Waals surface area contributed by atoms with Crippen molar-refractivity contribution in [1.29, 1.82) is 0 Å².